The molecule has 1 aliphatic heterocycles. The molecular formula is C22H36N4O3. The zero-order chi connectivity index (χ0) is 21.2. The van der Waals surface area contributed by atoms with Crippen molar-refractivity contribution in [1.82, 2.24) is 15.1 Å². The second kappa shape index (κ2) is 11.7. The van der Waals surface area contributed by atoms with Gasteiger partial charge in [0.1, 0.15) is 12.4 Å². The average Bonchev–Trinajstić information content (AvgIpc) is 3.13. The van der Waals surface area contributed by atoms with Crippen LogP contribution in [0.25, 0.3) is 0 Å². The van der Waals surface area contributed by atoms with Gasteiger partial charge in [0.25, 0.3) is 0 Å². The van der Waals surface area contributed by atoms with Crippen LogP contribution in [0.15, 0.2) is 29.3 Å². The third-order valence-electron chi connectivity index (χ3n) is 5.57. The van der Waals surface area contributed by atoms with Gasteiger partial charge in [-0.15, -0.1) is 0 Å². The molecule has 1 aliphatic rings. The van der Waals surface area contributed by atoms with Gasteiger partial charge in [0.05, 0.1) is 13.0 Å². The summed E-state index contributed by atoms with van der Waals surface area (Å²) in [6.45, 7) is 12.2. The lowest BCUT2D eigenvalue weighted by atomic mass is 9.99. The van der Waals surface area contributed by atoms with Crippen LogP contribution in [0.4, 0.5) is 0 Å². The minimum absolute atomic E-state index is 0.105. The van der Waals surface area contributed by atoms with E-state index in [0.717, 1.165) is 43.5 Å². The molecule has 1 saturated heterocycles. The van der Waals surface area contributed by atoms with E-state index in [1.807, 2.05) is 12.1 Å². The molecule has 0 amide bonds. The van der Waals surface area contributed by atoms with Gasteiger partial charge >= 0.3 is 5.97 Å². The van der Waals surface area contributed by atoms with Crippen LogP contribution in [-0.4, -0.2) is 75.2 Å². The van der Waals surface area contributed by atoms with Gasteiger partial charge < -0.3 is 24.6 Å². The lowest BCUT2D eigenvalue weighted by Crippen LogP contribution is -2.40. The number of nitrogens with one attached hydrogen (secondary N) is 1. The van der Waals surface area contributed by atoms with Crippen molar-refractivity contribution in [3.8, 4) is 5.75 Å². The number of nitrogens with zero attached hydrogens (tertiary/aromatic N) is 3. The minimum Gasteiger partial charge on any atom is -0.492 e. The van der Waals surface area contributed by atoms with E-state index < -0.39 is 0 Å². The van der Waals surface area contributed by atoms with Gasteiger partial charge in [0.15, 0.2) is 5.96 Å². The van der Waals surface area contributed by atoms with Crippen LogP contribution in [0.3, 0.4) is 0 Å². The van der Waals surface area contributed by atoms with Crippen molar-refractivity contribution in [3.63, 3.8) is 0 Å². The summed E-state index contributed by atoms with van der Waals surface area (Å²) < 4.78 is 10.8. The molecule has 0 saturated carbocycles. The molecule has 1 aromatic rings. The first-order valence-electron chi connectivity index (χ1n) is 10.5. The second-order valence-corrected chi connectivity index (χ2v) is 7.43. The lowest BCUT2D eigenvalue weighted by Gasteiger charge is -2.21. The zero-order valence-corrected chi connectivity index (χ0v) is 18.5. The summed E-state index contributed by atoms with van der Waals surface area (Å²) in [5.41, 5.74) is 1.15. The largest absolute Gasteiger partial charge is 0.492 e. The van der Waals surface area contributed by atoms with Crippen molar-refractivity contribution in [1.29, 1.82) is 0 Å². The third kappa shape index (κ3) is 6.63. The predicted octanol–water partition coefficient (Wildman–Crippen LogP) is 2.22. The number of likely N-dealkylation sites (N-methyl/N-ethyl adjacent to an activating group) is 1. The van der Waals surface area contributed by atoms with Crippen LogP contribution in [0, 0.1) is 11.8 Å². The minimum atomic E-state index is -0.146. The van der Waals surface area contributed by atoms with Crippen molar-refractivity contribution < 1.29 is 14.3 Å². The maximum absolute atomic E-state index is 11.9. The summed E-state index contributed by atoms with van der Waals surface area (Å²) in [5, 5.41) is 3.39. The second-order valence-electron chi connectivity index (χ2n) is 7.43. The topological polar surface area (TPSA) is 66.4 Å². The summed E-state index contributed by atoms with van der Waals surface area (Å²) in [5.74, 6) is 1.69. The fourth-order valence-electron chi connectivity index (χ4n) is 3.65. The monoisotopic (exact) mass is 404 g/mol. The zero-order valence-electron chi connectivity index (χ0n) is 18.5. The van der Waals surface area contributed by atoms with Gasteiger partial charge in [-0.25, -0.2) is 0 Å². The highest BCUT2D eigenvalue weighted by Gasteiger charge is 2.36. The molecular weight excluding hydrogens is 368 g/mol. The number of guanidine groups is 1. The van der Waals surface area contributed by atoms with Crippen LogP contribution >= 0.6 is 0 Å². The number of aliphatic imine (C=N–C) groups is 1. The molecule has 2 unspecified atom stereocenters. The standard InChI is InChI=1S/C22H36N4O3/c1-6-25(7-2)12-13-29-19-10-8-18(9-11-19)14-24-22(23-4)26-15-17(3)20(16-26)21(27)28-5/h8-11,17,20H,6-7,12-16H2,1-5H3,(H,23,24). The van der Waals surface area contributed by atoms with E-state index in [4.69, 9.17) is 9.47 Å². The summed E-state index contributed by atoms with van der Waals surface area (Å²) in [6, 6.07) is 8.15. The fraction of sp³-hybridized carbons (Fsp3) is 0.636. The quantitative estimate of drug-likeness (QED) is 0.387. The number of benzene rings is 1. The number of carbonyl (C=O) groups is 1. The number of likely N-dealkylation sites (tertiary alicyclic amines) is 1. The molecule has 7 heteroatoms. The molecule has 162 valence electrons. The summed E-state index contributed by atoms with van der Waals surface area (Å²) in [7, 11) is 3.22. The number of methoxy groups -OCH3 is 1. The fourth-order valence-corrected chi connectivity index (χ4v) is 3.65. The van der Waals surface area contributed by atoms with Crippen molar-refractivity contribution in [3.05, 3.63) is 29.8 Å². The molecule has 0 aliphatic carbocycles. The van der Waals surface area contributed by atoms with Crippen molar-refractivity contribution in [2.75, 3.05) is 53.5 Å². The molecule has 2 atom stereocenters. The van der Waals surface area contributed by atoms with Crippen molar-refractivity contribution in [2.45, 2.75) is 27.3 Å². The van der Waals surface area contributed by atoms with Gasteiger partial charge in [0.2, 0.25) is 0 Å². The Hall–Kier alpha value is -2.28. The number of carbonyl (C=O) groups excluding carboxylic acids is 1. The first-order valence-corrected chi connectivity index (χ1v) is 10.5. The van der Waals surface area contributed by atoms with Crippen LogP contribution in [0.2, 0.25) is 0 Å². The number of esters is 1. The van der Waals surface area contributed by atoms with Crippen molar-refractivity contribution in [2.24, 2.45) is 16.8 Å². The molecule has 1 heterocycles. The van der Waals surface area contributed by atoms with E-state index in [0.29, 0.717) is 19.7 Å². The van der Waals surface area contributed by atoms with E-state index in [9.17, 15) is 4.79 Å². The predicted molar refractivity (Wildman–Crippen MR) is 116 cm³/mol. The maximum Gasteiger partial charge on any atom is 0.310 e. The van der Waals surface area contributed by atoms with Crippen LogP contribution < -0.4 is 10.1 Å². The van der Waals surface area contributed by atoms with E-state index in [2.05, 4.69) is 53.0 Å². The van der Waals surface area contributed by atoms with Crippen molar-refractivity contribution >= 4 is 11.9 Å². The normalized spacial score (nSPS) is 19.5. The molecule has 2 rings (SSSR count). The highest BCUT2D eigenvalue weighted by Crippen LogP contribution is 2.24. The number of hydrogen-bond acceptors (Lipinski definition) is 5. The first-order chi connectivity index (χ1) is 14.0. The molecule has 0 aromatic heterocycles. The Labute approximate surface area is 175 Å². The van der Waals surface area contributed by atoms with E-state index >= 15 is 0 Å². The number of ether oxygens (including phenoxy) is 2. The van der Waals surface area contributed by atoms with Gasteiger partial charge in [-0.1, -0.05) is 32.9 Å². The van der Waals surface area contributed by atoms with Crippen LogP contribution in [0.5, 0.6) is 5.75 Å². The Morgan fingerprint density at radius 1 is 1.24 bits per heavy atom. The number of rotatable bonds is 9. The van der Waals surface area contributed by atoms with Gasteiger partial charge in [-0.2, -0.15) is 0 Å². The molecule has 29 heavy (non-hydrogen) atoms. The highest BCUT2D eigenvalue weighted by molar-refractivity contribution is 5.82. The van der Waals surface area contributed by atoms with Gasteiger partial charge in [-0.3, -0.25) is 9.79 Å². The first kappa shape index (κ1) is 23.0. The smallest absolute Gasteiger partial charge is 0.310 e. The highest BCUT2D eigenvalue weighted by atomic mass is 16.5. The molecule has 0 radical (unpaired) electrons. The SMILES string of the molecule is CCN(CC)CCOc1ccc(CNC(=NC)N2CC(C)C(C(=O)OC)C2)cc1. The molecule has 0 bridgehead atoms. The summed E-state index contributed by atoms with van der Waals surface area (Å²) in [6.07, 6.45) is 0. The van der Waals surface area contributed by atoms with Gasteiger partial charge in [0, 0.05) is 33.2 Å². The van der Waals surface area contributed by atoms with Crippen LogP contribution in [-0.2, 0) is 16.1 Å². The molecule has 7 nitrogen and oxygen atoms in total. The summed E-state index contributed by atoms with van der Waals surface area (Å²) >= 11 is 0. The molecule has 1 fully saturated rings. The van der Waals surface area contributed by atoms with Crippen LogP contribution in [0.1, 0.15) is 26.3 Å². The Balaban J connectivity index is 1.82. The lowest BCUT2D eigenvalue weighted by molar-refractivity contribution is -0.145. The Kier molecular flexibility index (Phi) is 9.25. The number of hydrogen-bond donors (Lipinski definition) is 1. The van der Waals surface area contributed by atoms with E-state index in [1.54, 1.807) is 7.05 Å². The Morgan fingerprint density at radius 2 is 1.93 bits per heavy atom. The van der Waals surface area contributed by atoms with E-state index in [-0.39, 0.29) is 17.8 Å². The molecule has 0 spiro atoms. The van der Waals surface area contributed by atoms with E-state index in [1.165, 1.54) is 7.11 Å². The van der Waals surface area contributed by atoms with Gasteiger partial charge in [-0.05, 0) is 36.7 Å². The average molecular weight is 405 g/mol. The summed E-state index contributed by atoms with van der Waals surface area (Å²) in [4.78, 5) is 20.8. The Bertz CT molecular complexity index is 659. The Morgan fingerprint density at radius 3 is 2.52 bits per heavy atom. The third-order valence-corrected chi connectivity index (χ3v) is 5.57. The maximum atomic E-state index is 11.9. The molecule has 1 aromatic carbocycles. The molecule has 1 N–H and O–H groups in total.